The molecular weight excluding hydrogens is 215 g/mol. The highest BCUT2D eigenvalue weighted by molar-refractivity contribution is 5.46. The first kappa shape index (κ1) is 14.0. The average Bonchev–Trinajstić information content (AvgIpc) is 2.19. The second kappa shape index (κ2) is 6.01. The third-order valence-corrected chi connectivity index (χ3v) is 2.81. The molecule has 3 heteroatoms. The van der Waals surface area contributed by atoms with Crippen LogP contribution in [0.4, 0.5) is 10.1 Å². The molecule has 1 aromatic carbocycles. The molecular formula is C14H23FN2. The van der Waals surface area contributed by atoms with Crippen LogP contribution >= 0.6 is 0 Å². The SMILES string of the molecule is CC(C)CN(Cc1ccc(F)cc1N)C(C)C. The maximum absolute atomic E-state index is 13.0. The van der Waals surface area contributed by atoms with Crippen molar-refractivity contribution < 1.29 is 4.39 Å². The Labute approximate surface area is 104 Å². The largest absolute Gasteiger partial charge is 0.398 e. The van der Waals surface area contributed by atoms with E-state index < -0.39 is 0 Å². The third-order valence-electron chi connectivity index (χ3n) is 2.81. The van der Waals surface area contributed by atoms with Gasteiger partial charge in [0.1, 0.15) is 5.82 Å². The van der Waals surface area contributed by atoms with Gasteiger partial charge >= 0.3 is 0 Å². The quantitative estimate of drug-likeness (QED) is 0.798. The van der Waals surface area contributed by atoms with Gasteiger partial charge in [0, 0.05) is 24.8 Å². The average molecular weight is 238 g/mol. The van der Waals surface area contributed by atoms with Gasteiger partial charge in [-0.1, -0.05) is 19.9 Å². The van der Waals surface area contributed by atoms with Gasteiger partial charge in [-0.15, -0.1) is 0 Å². The predicted octanol–water partition coefficient (Wildman–Crippen LogP) is 3.27. The molecule has 17 heavy (non-hydrogen) atoms. The molecule has 96 valence electrons. The molecule has 0 atom stereocenters. The molecule has 0 aliphatic carbocycles. The molecule has 0 unspecified atom stereocenters. The lowest BCUT2D eigenvalue weighted by molar-refractivity contribution is 0.189. The Bertz CT molecular complexity index is 361. The molecule has 0 saturated carbocycles. The highest BCUT2D eigenvalue weighted by atomic mass is 19.1. The molecule has 0 saturated heterocycles. The minimum atomic E-state index is -0.272. The summed E-state index contributed by atoms with van der Waals surface area (Å²) in [7, 11) is 0. The smallest absolute Gasteiger partial charge is 0.125 e. The van der Waals surface area contributed by atoms with Crippen molar-refractivity contribution in [2.24, 2.45) is 5.92 Å². The number of hydrogen-bond donors (Lipinski definition) is 1. The van der Waals surface area contributed by atoms with Gasteiger partial charge in [0.25, 0.3) is 0 Å². The van der Waals surface area contributed by atoms with Crippen molar-refractivity contribution in [2.45, 2.75) is 40.3 Å². The van der Waals surface area contributed by atoms with Crippen LogP contribution in [-0.2, 0) is 6.54 Å². The van der Waals surface area contributed by atoms with Crippen LogP contribution in [0.2, 0.25) is 0 Å². The Kier molecular flexibility index (Phi) is 4.94. The van der Waals surface area contributed by atoms with Crippen LogP contribution in [0.25, 0.3) is 0 Å². The Balaban J connectivity index is 2.78. The van der Waals surface area contributed by atoms with Crippen LogP contribution < -0.4 is 5.73 Å². The first-order valence-corrected chi connectivity index (χ1v) is 6.18. The summed E-state index contributed by atoms with van der Waals surface area (Å²) in [6.07, 6.45) is 0. The molecule has 0 aromatic heterocycles. The Morgan fingerprint density at radius 1 is 1.24 bits per heavy atom. The molecule has 0 amide bonds. The zero-order valence-electron chi connectivity index (χ0n) is 11.2. The molecule has 1 aromatic rings. The molecule has 2 N–H and O–H groups in total. The molecule has 0 aliphatic rings. The van der Waals surface area contributed by atoms with Gasteiger partial charge < -0.3 is 5.73 Å². The summed E-state index contributed by atoms with van der Waals surface area (Å²) in [5, 5.41) is 0. The zero-order valence-corrected chi connectivity index (χ0v) is 11.2. The molecule has 0 bridgehead atoms. The standard InChI is InChI=1S/C14H23FN2/c1-10(2)8-17(11(3)4)9-12-5-6-13(15)7-14(12)16/h5-7,10-11H,8-9,16H2,1-4H3. The summed E-state index contributed by atoms with van der Waals surface area (Å²) >= 11 is 0. The van der Waals surface area contributed by atoms with E-state index >= 15 is 0 Å². The van der Waals surface area contributed by atoms with Gasteiger partial charge in [0.2, 0.25) is 0 Å². The lowest BCUT2D eigenvalue weighted by atomic mass is 10.1. The van der Waals surface area contributed by atoms with E-state index in [0.717, 1.165) is 18.7 Å². The van der Waals surface area contributed by atoms with Gasteiger partial charge in [-0.05, 0) is 37.5 Å². The Hall–Kier alpha value is -1.09. The lowest BCUT2D eigenvalue weighted by Crippen LogP contribution is -2.33. The van der Waals surface area contributed by atoms with Crippen molar-refractivity contribution >= 4 is 5.69 Å². The van der Waals surface area contributed by atoms with Crippen LogP contribution in [0.5, 0.6) is 0 Å². The molecule has 0 aliphatic heterocycles. The summed E-state index contributed by atoms with van der Waals surface area (Å²) in [6.45, 7) is 10.5. The van der Waals surface area contributed by atoms with Crippen molar-refractivity contribution in [3.05, 3.63) is 29.6 Å². The number of nitrogen functional groups attached to an aromatic ring is 1. The predicted molar refractivity (Wildman–Crippen MR) is 71.2 cm³/mol. The van der Waals surface area contributed by atoms with E-state index in [-0.39, 0.29) is 5.82 Å². The molecule has 0 spiro atoms. The fraction of sp³-hybridized carbons (Fsp3) is 0.571. The van der Waals surface area contributed by atoms with Gasteiger partial charge in [0.15, 0.2) is 0 Å². The van der Waals surface area contributed by atoms with Crippen LogP contribution in [0.1, 0.15) is 33.3 Å². The number of nitrogens with two attached hydrogens (primary N) is 1. The van der Waals surface area contributed by atoms with Crippen molar-refractivity contribution in [2.75, 3.05) is 12.3 Å². The van der Waals surface area contributed by atoms with E-state index in [9.17, 15) is 4.39 Å². The van der Waals surface area contributed by atoms with E-state index in [4.69, 9.17) is 5.73 Å². The number of nitrogens with zero attached hydrogens (tertiary/aromatic N) is 1. The number of hydrogen-bond acceptors (Lipinski definition) is 2. The van der Waals surface area contributed by atoms with Crippen molar-refractivity contribution in [3.8, 4) is 0 Å². The monoisotopic (exact) mass is 238 g/mol. The third kappa shape index (κ3) is 4.35. The number of benzene rings is 1. The zero-order chi connectivity index (χ0) is 13.0. The minimum Gasteiger partial charge on any atom is -0.398 e. The van der Waals surface area contributed by atoms with E-state index in [0.29, 0.717) is 17.6 Å². The van der Waals surface area contributed by atoms with E-state index in [1.807, 2.05) is 0 Å². The Morgan fingerprint density at radius 2 is 1.88 bits per heavy atom. The fourth-order valence-electron chi connectivity index (χ4n) is 1.86. The van der Waals surface area contributed by atoms with Crippen LogP contribution in [0.15, 0.2) is 18.2 Å². The number of rotatable bonds is 5. The van der Waals surface area contributed by atoms with Crippen LogP contribution in [-0.4, -0.2) is 17.5 Å². The molecule has 0 fully saturated rings. The van der Waals surface area contributed by atoms with Gasteiger partial charge in [-0.25, -0.2) is 4.39 Å². The van der Waals surface area contributed by atoms with Gasteiger partial charge in [-0.3, -0.25) is 4.90 Å². The van der Waals surface area contributed by atoms with Crippen LogP contribution in [0.3, 0.4) is 0 Å². The summed E-state index contributed by atoms with van der Waals surface area (Å²) in [5.74, 6) is 0.338. The first-order chi connectivity index (χ1) is 7.90. The summed E-state index contributed by atoms with van der Waals surface area (Å²) in [4.78, 5) is 2.36. The molecule has 0 radical (unpaired) electrons. The second-order valence-electron chi connectivity index (χ2n) is 5.26. The maximum atomic E-state index is 13.0. The molecule has 1 rings (SSSR count). The van der Waals surface area contributed by atoms with E-state index in [1.54, 1.807) is 6.07 Å². The lowest BCUT2D eigenvalue weighted by Gasteiger charge is -2.28. The van der Waals surface area contributed by atoms with E-state index in [1.165, 1.54) is 12.1 Å². The van der Waals surface area contributed by atoms with Crippen molar-refractivity contribution in [1.82, 2.24) is 4.90 Å². The van der Waals surface area contributed by atoms with Crippen LogP contribution in [0, 0.1) is 11.7 Å². The molecule has 0 heterocycles. The Morgan fingerprint density at radius 3 is 2.35 bits per heavy atom. The summed E-state index contributed by atoms with van der Waals surface area (Å²) in [5.41, 5.74) is 7.38. The topological polar surface area (TPSA) is 29.3 Å². The summed E-state index contributed by atoms with van der Waals surface area (Å²) in [6, 6.07) is 5.10. The van der Waals surface area contributed by atoms with Crippen molar-refractivity contribution in [1.29, 1.82) is 0 Å². The van der Waals surface area contributed by atoms with E-state index in [2.05, 4.69) is 32.6 Å². The summed E-state index contributed by atoms with van der Waals surface area (Å²) < 4.78 is 13.0. The minimum absolute atomic E-state index is 0.272. The van der Waals surface area contributed by atoms with Gasteiger partial charge in [0.05, 0.1) is 0 Å². The highest BCUT2D eigenvalue weighted by Crippen LogP contribution is 2.17. The highest BCUT2D eigenvalue weighted by Gasteiger charge is 2.13. The number of halogens is 1. The second-order valence-corrected chi connectivity index (χ2v) is 5.26. The van der Waals surface area contributed by atoms with Crippen molar-refractivity contribution in [3.63, 3.8) is 0 Å². The molecule has 2 nitrogen and oxygen atoms in total. The normalized spacial score (nSPS) is 11.8. The first-order valence-electron chi connectivity index (χ1n) is 6.18. The number of anilines is 1. The van der Waals surface area contributed by atoms with Gasteiger partial charge in [-0.2, -0.15) is 0 Å². The fourth-order valence-corrected chi connectivity index (χ4v) is 1.86. The maximum Gasteiger partial charge on any atom is 0.125 e.